The lowest BCUT2D eigenvalue weighted by Gasteiger charge is -2.33. The second-order valence-corrected chi connectivity index (χ2v) is 5.16. The molecule has 1 aromatic rings. The Labute approximate surface area is 109 Å². The quantitative estimate of drug-likeness (QED) is 0.877. The van der Waals surface area contributed by atoms with Gasteiger partial charge in [-0.2, -0.15) is 0 Å². The van der Waals surface area contributed by atoms with Crippen LogP contribution in [0, 0.1) is 0 Å². The third kappa shape index (κ3) is 2.90. The molecule has 1 aliphatic rings. The van der Waals surface area contributed by atoms with Gasteiger partial charge in [0, 0.05) is 45.2 Å². The first kappa shape index (κ1) is 13.1. The van der Waals surface area contributed by atoms with Gasteiger partial charge >= 0.3 is 0 Å². The van der Waals surface area contributed by atoms with E-state index in [1.165, 1.54) is 0 Å². The van der Waals surface area contributed by atoms with Crippen LogP contribution in [0.5, 0.6) is 0 Å². The number of nitrogens with one attached hydrogen (secondary N) is 1. The Morgan fingerprint density at radius 1 is 1.17 bits per heavy atom. The van der Waals surface area contributed by atoms with Gasteiger partial charge in [-0.05, 0) is 7.05 Å². The molecule has 1 saturated heterocycles. The number of aromatic nitrogens is 2. The molecule has 0 spiro atoms. The van der Waals surface area contributed by atoms with Gasteiger partial charge in [-0.25, -0.2) is 9.97 Å². The highest BCUT2D eigenvalue weighted by molar-refractivity contribution is 5.49. The van der Waals surface area contributed by atoms with Crippen molar-refractivity contribution in [2.75, 3.05) is 50.5 Å². The van der Waals surface area contributed by atoms with Crippen LogP contribution in [0.2, 0.25) is 0 Å². The number of hydrogen-bond acceptors (Lipinski definition) is 5. The number of piperazine rings is 1. The predicted octanol–water partition coefficient (Wildman–Crippen LogP) is 1.39. The van der Waals surface area contributed by atoms with Gasteiger partial charge in [-0.3, -0.25) is 0 Å². The van der Waals surface area contributed by atoms with Crippen molar-refractivity contribution in [2.24, 2.45) is 0 Å². The molecular weight excluding hydrogens is 226 g/mol. The fraction of sp³-hybridized carbons (Fsp3) is 0.692. The molecule has 0 atom stereocenters. The summed E-state index contributed by atoms with van der Waals surface area (Å²) in [5.74, 6) is 3.22. The van der Waals surface area contributed by atoms with Crippen molar-refractivity contribution in [3.8, 4) is 0 Å². The summed E-state index contributed by atoms with van der Waals surface area (Å²) in [6.07, 6.45) is 0. The Morgan fingerprint density at radius 2 is 1.83 bits per heavy atom. The maximum absolute atomic E-state index is 4.69. The number of nitrogens with zero attached hydrogens (tertiary/aromatic N) is 4. The highest BCUT2D eigenvalue weighted by Crippen LogP contribution is 2.20. The lowest BCUT2D eigenvalue weighted by Crippen LogP contribution is -2.45. The third-order valence-corrected chi connectivity index (χ3v) is 3.33. The van der Waals surface area contributed by atoms with Crippen molar-refractivity contribution < 1.29 is 0 Å². The predicted molar refractivity (Wildman–Crippen MR) is 75.4 cm³/mol. The Balaban J connectivity index is 2.23. The molecule has 1 aromatic heterocycles. The van der Waals surface area contributed by atoms with Crippen LogP contribution < -0.4 is 10.2 Å². The number of hydrogen-bond donors (Lipinski definition) is 1. The van der Waals surface area contributed by atoms with Crippen molar-refractivity contribution in [1.29, 1.82) is 0 Å². The van der Waals surface area contributed by atoms with Gasteiger partial charge in [0.15, 0.2) is 0 Å². The molecule has 0 bridgehead atoms. The van der Waals surface area contributed by atoms with E-state index in [1.807, 2.05) is 13.1 Å². The van der Waals surface area contributed by atoms with Gasteiger partial charge in [0.2, 0.25) is 0 Å². The second kappa shape index (κ2) is 5.52. The van der Waals surface area contributed by atoms with E-state index < -0.39 is 0 Å². The van der Waals surface area contributed by atoms with Crippen molar-refractivity contribution in [1.82, 2.24) is 14.9 Å². The van der Waals surface area contributed by atoms with Crippen molar-refractivity contribution >= 4 is 11.6 Å². The summed E-state index contributed by atoms with van der Waals surface area (Å²) in [5, 5.41) is 3.12. The first-order valence-corrected chi connectivity index (χ1v) is 6.60. The molecular formula is C13H23N5. The minimum Gasteiger partial charge on any atom is -0.373 e. The van der Waals surface area contributed by atoms with E-state index >= 15 is 0 Å². The SMILES string of the molecule is CNc1cc(N2CCN(C)CC2)nc(C(C)C)n1. The number of anilines is 2. The summed E-state index contributed by atoms with van der Waals surface area (Å²) in [5.41, 5.74) is 0. The van der Waals surface area contributed by atoms with Gasteiger partial charge in [-0.15, -0.1) is 0 Å². The van der Waals surface area contributed by atoms with Crippen LogP contribution >= 0.6 is 0 Å². The molecule has 100 valence electrons. The van der Waals surface area contributed by atoms with E-state index in [1.54, 1.807) is 0 Å². The van der Waals surface area contributed by atoms with Gasteiger partial charge in [0.25, 0.3) is 0 Å². The summed E-state index contributed by atoms with van der Waals surface area (Å²) in [7, 11) is 4.07. The molecule has 5 heteroatoms. The maximum atomic E-state index is 4.69. The van der Waals surface area contributed by atoms with E-state index in [9.17, 15) is 0 Å². The number of likely N-dealkylation sites (N-methyl/N-ethyl adjacent to an activating group) is 1. The fourth-order valence-corrected chi connectivity index (χ4v) is 2.04. The first-order valence-electron chi connectivity index (χ1n) is 6.60. The van der Waals surface area contributed by atoms with E-state index in [-0.39, 0.29) is 0 Å². The standard InChI is InChI=1S/C13H23N5/c1-10(2)13-15-11(14-3)9-12(16-13)18-7-5-17(4)6-8-18/h9-10H,5-8H2,1-4H3,(H,14,15,16). The maximum Gasteiger partial charge on any atom is 0.135 e. The normalized spacial score (nSPS) is 17.3. The van der Waals surface area contributed by atoms with E-state index in [0.717, 1.165) is 43.6 Å². The highest BCUT2D eigenvalue weighted by Gasteiger charge is 2.17. The summed E-state index contributed by atoms with van der Waals surface area (Å²) in [6.45, 7) is 8.51. The summed E-state index contributed by atoms with van der Waals surface area (Å²) in [4.78, 5) is 13.9. The molecule has 0 saturated carbocycles. The minimum atomic E-state index is 0.351. The Bertz CT molecular complexity index is 396. The Morgan fingerprint density at radius 3 is 2.39 bits per heavy atom. The average Bonchev–Trinajstić information content (AvgIpc) is 2.39. The van der Waals surface area contributed by atoms with Gasteiger partial charge in [-0.1, -0.05) is 13.8 Å². The molecule has 2 heterocycles. The number of rotatable bonds is 3. The molecule has 1 fully saturated rings. The molecule has 18 heavy (non-hydrogen) atoms. The van der Waals surface area contributed by atoms with Crippen molar-refractivity contribution in [3.63, 3.8) is 0 Å². The molecule has 0 radical (unpaired) electrons. The molecule has 1 aliphatic heterocycles. The summed E-state index contributed by atoms with van der Waals surface area (Å²) >= 11 is 0. The zero-order chi connectivity index (χ0) is 13.1. The van der Waals surface area contributed by atoms with Crippen LogP contribution in [0.1, 0.15) is 25.6 Å². The van der Waals surface area contributed by atoms with Gasteiger partial charge in [0.05, 0.1) is 0 Å². The largest absolute Gasteiger partial charge is 0.373 e. The van der Waals surface area contributed by atoms with Crippen molar-refractivity contribution in [3.05, 3.63) is 11.9 Å². The lowest BCUT2D eigenvalue weighted by atomic mass is 10.2. The van der Waals surface area contributed by atoms with Gasteiger partial charge in [0.1, 0.15) is 17.5 Å². The highest BCUT2D eigenvalue weighted by atomic mass is 15.3. The molecule has 0 amide bonds. The van der Waals surface area contributed by atoms with E-state index in [4.69, 9.17) is 0 Å². The lowest BCUT2D eigenvalue weighted by molar-refractivity contribution is 0.312. The van der Waals surface area contributed by atoms with E-state index in [2.05, 4.69) is 46.0 Å². The van der Waals surface area contributed by atoms with Crippen molar-refractivity contribution in [2.45, 2.75) is 19.8 Å². The topological polar surface area (TPSA) is 44.3 Å². The molecule has 1 N–H and O–H groups in total. The monoisotopic (exact) mass is 249 g/mol. The third-order valence-electron chi connectivity index (χ3n) is 3.33. The summed E-state index contributed by atoms with van der Waals surface area (Å²) in [6, 6.07) is 2.04. The van der Waals surface area contributed by atoms with Crippen LogP contribution in [0.25, 0.3) is 0 Å². The Kier molecular flexibility index (Phi) is 4.01. The molecule has 2 rings (SSSR count). The van der Waals surface area contributed by atoms with E-state index in [0.29, 0.717) is 5.92 Å². The zero-order valence-electron chi connectivity index (χ0n) is 11.8. The zero-order valence-corrected chi connectivity index (χ0v) is 11.8. The molecule has 5 nitrogen and oxygen atoms in total. The Hall–Kier alpha value is -1.36. The second-order valence-electron chi connectivity index (χ2n) is 5.16. The van der Waals surface area contributed by atoms with Crippen LogP contribution in [0.4, 0.5) is 11.6 Å². The average molecular weight is 249 g/mol. The van der Waals surface area contributed by atoms with Crippen LogP contribution in [-0.4, -0.2) is 55.1 Å². The van der Waals surface area contributed by atoms with Gasteiger partial charge < -0.3 is 15.1 Å². The van der Waals surface area contributed by atoms with Crippen LogP contribution in [-0.2, 0) is 0 Å². The molecule has 0 unspecified atom stereocenters. The van der Waals surface area contributed by atoms with Crippen LogP contribution in [0.3, 0.4) is 0 Å². The fourth-order valence-electron chi connectivity index (χ4n) is 2.04. The van der Waals surface area contributed by atoms with Crippen LogP contribution in [0.15, 0.2) is 6.07 Å². The minimum absolute atomic E-state index is 0.351. The summed E-state index contributed by atoms with van der Waals surface area (Å²) < 4.78 is 0. The molecule has 0 aromatic carbocycles. The smallest absolute Gasteiger partial charge is 0.135 e. The first-order chi connectivity index (χ1) is 8.60. The molecule has 0 aliphatic carbocycles.